The number of carbonyl (C=O) groups excluding carboxylic acids is 1. The van der Waals surface area contributed by atoms with Gasteiger partial charge in [-0.15, -0.1) is 0 Å². The minimum atomic E-state index is -0.115. The number of carbonyl (C=O) groups is 1. The van der Waals surface area contributed by atoms with E-state index in [0.29, 0.717) is 17.4 Å². The number of pyridine rings is 1. The van der Waals surface area contributed by atoms with Crippen molar-refractivity contribution in [2.45, 2.75) is 18.9 Å². The Morgan fingerprint density at radius 2 is 1.85 bits per heavy atom. The van der Waals surface area contributed by atoms with Crippen molar-refractivity contribution < 1.29 is 4.79 Å². The molecule has 0 aliphatic heterocycles. The number of nitrogens with zero attached hydrogens (tertiary/aromatic N) is 1. The average Bonchev–Trinajstić information content (AvgIpc) is 2.89. The second-order valence-electron chi connectivity index (χ2n) is 5.00. The number of benzene rings is 1. The SMILES string of the molecule is CNC(=O)c1cccnc1NC1Cc2ccccc2C1. The third-order valence-corrected chi connectivity index (χ3v) is 3.67. The molecule has 0 saturated carbocycles. The zero-order valence-electron chi connectivity index (χ0n) is 11.4. The lowest BCUT2D eigenvalue weighted by molar-refractivity contribution is 0.0963. The van der Waals surface area contributed by atoms with Crippen molar-refractivity contribution in [2.24, 2.45) is 0 Å². The lowest BCUT2D eigenvalue weighted by atomic mass is 10.1. The Morgan fingerprint density at radius 3 is 2.50 bits per heavy atom. The van der Waals surface area contributed by atoms with Gasteiger partial charge in [-0.05, 0) is 36.1 Å². The van der Waals surface area contributed by atoms with Crippen LogP contribution in [0.4, 0.5) is 5.82 Å². The van der Waals surface area contributed by atoms with Crippen molar-refractivity contribution in [2.75, 3.05) is 12.4 Å². The molecule has 2 N–H and O–H groups in total. The lowest BCUT2D eigenvalue weighted by Gasteiger charge is -2.15. The summed E-state index contributed by atoms with van der Waals surface area (Å²) in [6.07, 6.45) is 3.65. The summed E-state index contributed by atoms with van der Waals surface area (Å²) >= 11 is 0. The summed E-state index contributed by atoms with van der Waals surface area (Å²) in [5.74, 6) is 0.542. The van der Waals surface area contributed by atoms with Gasteiger partial charge in [0.2, 0.25) is 0 Å². The summed E-state index contributed by atoms with van der Waals surface area (Å²) in [6.45, 7) is 0. The van der Waals surface area contributed by atoms with E-state index in [1.54, 1.807) is 25.4 Å². The molecule has 0 spiro atoms. The molecule has 0 bridgehead atoms. The van der Waals surface area contributed by atoms with E-state index < -0.39 is 0 Å². The Hall–Kier alpha value is -2.36. The van der Waals surface area contributed by atoms with Gasteiger partial charge >= 0.3 is 0 Å². The summed E-state index contributed by atoms with van der Waals surface area (Å²) in [6, 6.07) is 12.3. The second-order valence-corrected chi connectivity index (χ2v) is 5.00. The van der Waals surface area contributed by atoms with Crippen LogP contribution in [-0.4, -0.2) is 24.0 Å². The van der Waals surface area contributed by atoms with Crippen molar-refractivity contribution in [3.05, 3.63) is 59.3 Å². The molecule has 1 heterocycles. The number of hydrogen-bond donors (Lipinski definition) is 2. The molecule has 1 aliphatic carbocycles. The standard InChI is InChI=1S/C16H17N3O/c1-17-16(20)14-7-4-8-18-15(14)19-13-9-11-5-2-3-6-12(11)10-13/h2-8,13H,9-10H2,1H3,(H,17,20)(H,18,19). The Balaban J connectivity index is 1.79. The Morgan fingerprint density at radius 1 is 1.15 bits per heavy atom. The highest BCUT2D eigenvalue weighted by Gasteiger charge is 2.22. The maximum absolute atomic E-state index is 11.8. The molecule has 0 fully saturated rings. The molecule has 4 heteroatoms. The van der Waals surface area contributed by atoms with Crippen LogP contribution in [0.5, 0.6) is 0 Å². The van der Waals surface area contributed by atoms with E-state index in [9.17, 15) is 4.79 Å². The van der Waals surface area contributed by atoms with E-state index in [4.69, 9.17) is 0 Å². The molecular weight excluding hydrogens is 250 g/mol. The van der Waals surface area contributed by atoms with Crippen LogP contribution in [0.25, 0.3) is 0 Å². The fourth-order valence-electron chi connectivity index (χ4n) is 2.69. The molecule has 0 radical (unpaired) electrons. The first-order valence-electron chi connectivity index (χ1n) is 6.78. The smallest absolute Gasteiger partial charge is 0.254 e. The van der Waals surface area contributed by atoms with E-state index in [0.717, 1.165) is 12.8 Å². The summed E-state index contributed by atoms with van der Waals surface area (Å²) in [7, 11) is 1.63. The summed E-state index contributed by atoms with van der Waals surface area (Å²) in [4.78, 5) is 16.1. The maximum atomic E-state index is 11.8. The first-order chi connectivity index (χ1) is 9.78. The number of aromatic nitrogens is 1. The van der Waals surface area contributed by atoms with Crippen LogP contribution in [0, 0.1) is 0 Å². The van der Waals surface area contributed by atoms with Gasteiger partial charge in [0.25, 0.3) is 5.91 Å². The summed E-state index contributed by atoms with van der Waals surface area (Å²) in [5, 5.41) is 6.04. The lowest BCUT2D eigenvalue weighted by Crippen LogP contribution is -2.25. The molecule has 3 rings (SSSR count). The number of rotatable bonds is 3. The Bertz CT molecular complexity index is 614. The minimum Gasteiger partial charge on any atom is -0.366 e. The topological polar surface area (TPSA) is 54.0 Å². The van der Waals surface area contributed by atoms with Crippen molar-refractivity contribution in [3.63, 3.8) is 0 Å². The van der Waals surface area contributed by atoms with Crippen LogP contribution < -0.4 is 10.6 Å². The van der Waals surface area contributed by atoms with Crippen LogP contribution in [-0.2, 0) is 12.8 Å². The van der Waals surface area contributed by atoms with Crippen LogP contribution in [0.1, 0.15) is 21.5 Å². The van der Waals surface area contributed by atoms with Crippen molar-refractivity contribution >= 4 is 11.7 Å². The second kappa shape index (κ2) is 5.33. The largest absolute Gasteiger partial charge is 0.366 e. The molecule has 0 saturated heterocycles. The van der Waals surface area contributed by atoms with Gasteiger partial charge in [0.1, 0.15) is 5.82 Å². The third kappa shape index (κ3) is 2.37. The van der Waals surface area contributed by atoms with Gasteiger partial charge in [-0.1, -0.05) is 24.3 Å². The molecule has 2 aromatic rings. The molecule has 1 aromatic carbocycles. The van der Waals surface area contributed by atoms with E-state index in [1.807, 2.05) is 0 Å². The molecule has 1 aliphatic rings. The van der Waals surface area contributed by atoms with Crippen molar-refractivity contribution in [1.29, 1.82) is 0 Å². The number of fused-ring (bicyclic) bond motifs is 1. The van der Waals surface area contributed by atoms with Crippen LogP contribution in [0.3, 0.4) is 0 Å². The van der Waals surface area contributed by atoms with Crippen molar-refractivity contribution in [1.82, 2.24) is 10.3 Å². The predicted octanol–water partition coefficient (Wildman–Crippen LogP) is 2.02. The first kappa shape index (κ1) is 12.7. The molecule has 4 nitrogen and oxygen atoms in total. The number of hydrogen-bond acceptors (Lipinski definition) is 3. The third-order valence-electron chi connectivity index (χ3n) is 3.67. The first-order valence-corrected chi connectivity index (χ1v) is 6.78. The van der Waals surface area contributed by atoms with Gasteiger partial charge in [-0.2, -0.15) is 0 Å². The highest BCUT2D eigenvalue weighted by Crippen LogP contribution is 2.24. The van der Waals surface area contributed by atoms with Crippen LogP contribution in [0.2, 0.25) is 0 Å². The zero-order chi connectivity index (χ0) is 13.9. The van der Waals surface area contributed by atoms with E-state index >= 15 is 0 Å². The normalized spacial score (nSPS) is 13.8. The fourth-order valence-corrected chi connectivity index (χ4v) is 2.69. The minimum absolute atomic E-state index is 0.115. The molecule has 20 heavy (non-hydrogen) atoms. The Kier molecular flexibility index (Phi) is 3.37. The number of nitrogens with one attached hydrogen (secondary N) is 2. The van der Waals surface area contributed by atoms with Gasteiger partial charge in [0, 0.05) is 19.3 Å². The fraction of sp³-hybridized carbons (Fsp3) is 0.250. The number of anilines is 1. The summed E-state index contributed by atoms with van der Waals surface area (Å²) < 4.78 is 0. The maximum Gasteiger partial charge on any atom is 0.254 e. The van der Waals surface area contributed by atoms with E-state index in [-0.39, 0.29) is 5.91 Å². The predicted molar refractivity (Wildman–Crippen MR) is 78.9 cm³/mol. The van der Waals surface area contributed by atoms with Gasteiger partial charge in [0.05, 0.1) is 5.56 Å². The van der Waals surface area contributed by atoms with Crippen LogP contribution in [0.15, 0.2) is 42.6 Å². The average molecular weight is 267 g/mol. The van der Waals surface area contributed by atoms with Gasteiger partial charge in [0.15, 0.2) is 0 Å². The van der Waals surface area contributed by atoms with E-state index in [1.165, 1.54) is 11.1 Å². The van der Waals surface area contributed by atoms with Gasteiger partial charge in [-0.3, -0.25) is 4.79 Å². The molecule has 1 aromatic heterocycles. The van der Waals surface area contributed by atoms with E-state index in [2.05, 4.69) is 39.9 Å². The molecule has 102 valence electrons. The molecule has 0 atom stereocenters. The number of amides is 1. The zero-order valence-corrected chi connectivity index (χ0v) is 11.4. The van der Waals surface area contributed by atoms with Crippen molar-refractivity contribution in [3.8, 4) is 0 Å². The summed E-state index contributed by atoms with van der Waals surface area (Å²) in [5.41, 5.74) is 3.34. The molecule has 0 unspecified atom stereocenters. The molecular formula is C16H17N3O. The quantitative estimate of drug-likeness (QED) is 0.894. The van der Waals surface area contributed by atoms with Gasteiger partial charge in [-0.25, -0.2) is 4.98 Å². The van der Waals surface area contributed by atoms with Gasteiger partial charge < -0.3 is 10.6 Å². The highest BCUT2D eigenvalue weighted by molar-refractivity contribution is 5.98. The monoisotopic (exact) mass is 267 g/mol. The Labute approximate surface area is 118 Å². The van der Waals surface area contributed by atoms with Crippen LogP contribution >= 0.6 is 0 Å². The molecule has 1 amide bonds. The highest BCUT2D eigenvalue weighted by atomic mass is 16.1.